The molecule has 2 rings (SSSR count). The zero-order valence-corrected chi connectivity index (χ0v) is 10.2. The van der Waals surface area contributed by atoms with E-state index >= 15 is 0 Å². The van der Waals surface area contributed by atoms with Gasteiger partial charge in [-0.05, 0) is 30.9 Å². The lowest BCUT2D eigenvalue weighted by Crippen LogP contribution is -2.41. The van der Waals surface area contributed by atoms with Gasteiger partial charge in [0.2, 0.25) is 0 Å². The molecule has 0 bridgehead atoms. The summed E-state index contributed by atoms with van der Waals surface area (Å²) in [6, 6.07) is 8.68. The first-order valence-electron chi connectivity index (χ1n) is 6.10. The molecule has 88 valence electrons. The number of hydrogen-bond donors (Lipinski definition) is 1. The molecule has 1 aromatic rings. The van der Waals surface area contributed by atoms with Gasteiger partial charge in [0.25, 0.3) is 0 Å². The van der Waals surface area contributed by atoms with E-state index in [1.807, 2.05) is 0 Å². The highest BCUT2D eigenvalue weighted by atomic mass is 16.5. The number of hydrogen-bond acceptors (Lipinski definition) is 2. The number of nitrogens with two attached hydrogens (primary N) is 1. The van der Waals surface area contributed by atoms with Crippen LogP contribution in [0.5, 0.6) is 0 Å². The monoisotopic (exact) mass is 219 g/mol. The normalized spacial score (nSPS) is 24.3. The Morgan fingerprint density at radius 3 is 2.56 bits per heavy atom. The summed E-state index contributed by atoms with van der Waals surface area (Å²) < 4.78 is 5.43. The molecule has 0 saturated carbocycles. The van der Waals surface area contributed by atoms with Gasteiger partial charge in [-0.15, -0.1) is 0 Å². The van der Waals surface area contributed by atoms with Crippen molar-refractivity contribution in [1.82, 2.24) is 0 Å². The van der Waals surface area contributed by atoms with E-state index in [-0.39, 0.29) is 5.54 Å². The number of aryl methyl sites for hydroxylation is 1. The maximum absolute atomic E-state index is 6.45. The summed E-state index contributed by atoms with van der Waals surface area (Å²) in [5.74, 6) is 0.444. The van der Waals surface area contributed by atoms with Crippen molar-refractivity contribution in [3.63, 3.8) is 0 Å². The molecule has 1 heterocycles. The molecule has 1 aromatic carbocycles. The van der Waals surface area contributed by atoms with Crippen LogP contribution in [0.25, 0.3) is 0 Å². The van der Waals surface area contributed by atoms with E-state index < -0.39 is 0 Å². The molecule has 0 aromatic heterocycles. The highest BCUT2D eigenvalue weighted by Crippen LogP contribution is 2.32. The molecule has 2 unspecified atom stereocenters. The van der Waals surface area contributed by atoms with Gasteiger partial charge in [0.1, 0.15) is 0 Å². The minimum atomic E-state index is -0.261. The van der Waals surface area contributed by atoms with Gasteiger partial charge < -0.3 is 10.5 Å². The Morgan fingerprint density at radius 1 is 1.38 bits per heavy atom. The first-order chi connectivity index (χ1) is 7.64. The van der Waals surface area contributed by atoms with E-state index in [2.05, 4.69) is 38.1 Å². The smallest absolute Gasteiger partial charge is 0.0515 e. The molecule has 1 aliphatic heterocycles. The Labute approximate surface area is 97.8 Å². The molecule has 0 spiro atoms. The second-order valence-electron chi connectivity index (χ2n) is 4.89. The molecule has 2 nitrogen and oxygen atoms in total. The summed E-state index contributed by atoms with van der Waals surface area (Å²) >= 11 is 0. The standard InChI is InChI=1S/C14H21NO/c1-3-11-4-6-12(7-5-11)14(2,15)13-8-9-16-10-13/h4-7,13H,3,8-10,15H2,1-2H3. The van der Waals surface area contributed by atoms with Gasteiger partial charge in [0.15, 0.2) is 0 Å². The van der Waals surface area contributed by atoms with Crippen LogP contribution in [0.4, 0.5) is 0 Å². The van der Waals surface area contributed by atoms with Crippen molar-refractivity contribution in [3.8, 4) is 0 Å². The van der Waals surface area contributed by atoms with Crippen LogP contribution < -0.4 is 5.73 Å². The summed E-state index contributed by atoms with van der Waals surface area (Å²) in [5.41, 5.74) is 8.78. The molecule has 1 saturated heterocycles. The third-order valence-corrected chi connectivity index (χ3v) is 3.76. The van der Waals surface area contributed by atoms with Gasteiger partial charge in [0.05, 0.1) is 6.61 Å². The Morgan fingerprint density at radius 2 is 2.06 bits per heavy atom. The molecule has 2 N–H and O–H groups in total. The highest BCUT2D eigenvalue weighted by molar-refractivity contribution is 5.28. The van der Waals surface area contributed by atoms with Gasteiger partial charge in [-0.1, -0.05) is 31.2 Å². The largest absolute Gasteiger partial charge is 0.381 e. The maximum Gasteiger partial charge on any atom is 0.0515 e. The third kappa shape index (κ3) is 2.13. The zero-order chi connectivity index (χ0) is 11.6. The molecule has 1 aliphatic rings. The fourth-order valence-electron chi connectivity index (χ4n) is 2.34. The van der Waals surface area contributed by atoms with Gasteiger partial charge >= 0.3 is 0 Å². The van der Waals surface area contributed by atoms with Crippen molar-refractivity contribution >= 4 is 0 Å². The van der Waals surface area contributed by atoms with E-state index in [0.717, 1.165) is 26.1 Å². The van der Waals surface area contributed by atoms with Gasteiger partial charge in [-0.25, -0.2) is 0 Å². The number of benzene rings is 1. The van der Waals surface area contributed by atoms with Crippen LogP contribution >= 0.6 is 0 Å². The maximum atomic E-state index is 6.45. The topological polar surface area (TPSA) is 35.2 Å². The van der Waals surface area contributed by atoms with Gasteiger partial charge in [0, 0.05) is 18.1 Å². The quantitative estimate of drug-likeness (QED) is 0.847. The Balaban J connectivity index is 2.20. The summed E-state index contributed by atoms with van der Waals surface area (Å²) in [6.45, 7) is 5.93. The first-order valence-corrected chi connectivity index (χ1v) is 6.10. The molecule has 1 fully saturated rings. The lowest BCUT2D eigenvalue weighted by atomic mass is 9.80. The van der Waals surface area contributed by atoms with Crippen molar-refractivity contribution in [1.29, 1.82) is 0 Å². The fraction of sp³-hybridized carbons (Fsp3) is 0.571. The molecular formula is C14H21NO. The first kappa shape index (κ1) is 11.6. The lowest BCUT2D eigenvalue weighted by molar-refractivity contribution is 0.166. The van der Waals surface area contributed by atoms with Crippen LogP contribution in [0.3, 0.4) is 0 Å². The molecule has 2 atom stereocenters. The summed E-state index contributed by atoms with van der Waals surface area (Å²) in [4.78, 5) is 0. The highest BCUT2D eigenvalue weighted by Gasteiger charge is 2.34. The number of ether oxygens (including phenoxy) is 1. The summed E-state index contributed by atoms with van der Waals surface area (Å²) in [6.07, 6.45) is 2.15. The van der Waals surface area contributed by atoms with Crippen molar-refractivity contribution in [3.05, 3.63) is 35.4 Å². The van der Waals surface area contributed by atoms with Gasteiger partial charge in [-0.2, -0.15) is 0 Å². The van der Waals surface area contributed by atoms with Crippen molar-refractivity contribution in [2.45, 2.75) is 32.2 Å². The molecule has 0 radical (unpaired) electrons. The van der Waals surface area contributed by atoms with Crippen LogP contribution in [-0.4, -0.2) is 13.2 Å². The van der Waals surface area contributed by atoms with Crippen LogP contribution in [0, 0.1) is 5.92 Å². The van der Waals surface area contributed by atoms with Crippen LogP contribution in [0.1, 0.15) is 31.4 Å². The average molecular weight is 219 g/mol. The SMILES string of the molecule is CCc1ccc(C(C)(N)C2CCOC2)cc1. The molecule has 0 aliphatic carbocycles. The van der Waals surface area contributed by atoms with Crippen molar-refractivity contribution in [2.75, 3.05) is 13.2 Å². The third-order valence-electron chi connectivity index (χ3n) is 3.76. The second kappa shape index (κ2) is 4.56. The summed E-state index contributed by atoms with van der Waals surface area (Å²) in [7, 11) is 0. The average Bonchev–Trinajstić information content (AvgIpc) is 2.83. The lowest BCUT2D eigenvalue weighted by Gasteiger charge is -2.31. The predicted octanol–water partition coefficient (Wildman–Crippen LogP) is 2.46. The molecule has 0 amide bonds. The van der Waals surface area contributed by atoms with E-state index in [1.165, 1.54) is 11.1 Å². The van der Waals surface area contributed by atoms with Crippen LogP contribution in [-0.2, 0) is 16.7 Å². The minimum absolute atomic E-state index is 0.261. The Kier molecular flexibility index (Phi) is 3.31. The molecule has 16 heavy (non-hydrogen) atoms. The van der Waals surface area contributed by atoms with E-state index in [0.29, 0.717) is 5.92 Å². The van der Waals surface area contributed by atoms with Gasteiger partial charge in [-0.3, -0.25) is 0 Å². The minimum Gasteiger partial charge on any atom is -0.381 e. The molecule has 2 heteroatoms. The van der Waals surface area contributed by atoms with Crippen LogP contribution in [0.15, 0.2) is 24.3 Å². The van der Waals surface area contributed by atoms with E-state index in [4.69, 9.17) is 10.5 Å². The number of rotatable bonds is 3. The Hall–Kier alpha value is -0.860. The fourth-order valence-corrected chi connectivity index (χ4v) is 2.34. The summed E-state index contributed by atoms with van der Waals surface area (Å²) in [5, 5.41) is 0. The van der Waals surface area contributed by atoms with E-state index in [9.17, 15) is 0 Å². The zero-order valence-electron chi connectivity index (χ0n) is 10.2. The van der Waals surface area contributed by atoms with E-state index in [1.54, 1.807) is 0 Å². The Bertz CT molecular complexity index is 336. The predicted molar refractivity (Wildman–Crippen MR) is 66.3 cm³/mol. The van der Waals surface area contributed by atoms with Crippen molar-refractivity contribution < 1.29 is 4.74 Å². The second-order valence-corrected chi connectivity index (χ2v) is 4.89. The van der Waals surface area contributed by atoms with Crippen molar-refractivity contribution in [2.24, 2.45) is 11.7 Å². The molecular weight excluding hydrogens is 198 g/mol. The van der Waals surface area contributed by atoms with Crippen LogP contribution in [0.2, 0.25) is 0 Å².